The molecule has 0 bridgehead atoms. The molecule has 4 nitrogen and oxygen atoms in total. The van der Waals surface area contributed by atoms with Crippen molar-refractivity contribution in [2.45, 2.75) is 58.3 Å². The van der Waals surface area contributed by atoms with E-state index in [9.17, 15) is 9.59 Å². The van der Waals surface area contributed by atoms with Gasteiger partial charge in [0.2, 0.25) is 5.91 Å². The van der Waals surface area contributed by atoms with Crippen molar-refractivity contribution in [2.24, 2.45) is 11.3 Å². The summed E-state index contributed by atoms with van der Waals surface area (Å²) in [5.41, 5.74) is -0.202. The Kier molecular flexibility index (Phi) is 4.48. The van der Waals surface area contributed by atoms with Gasteiger partial charge in [0, 0.05) is 18.5 Å². The maximum absolute atomic E-state index is 12.7. The number of likely N-dealkylation sites (tertiary alicyclic amines) is 1. The summed E-state index contributed by atoms with van der Waals surface area (Å²) in [6.07, 6.45) is 7.97. The molecule has 0 unspecified atom stereocenters. The van der Waals surface area contributed by atoms with Crippen LogP contribution in [0.3, 0.4) is 0 Å². The topological polar surface area (TPSA) is 57.6 Å². The molecule has 1 aliphatic carbocycles. The lowest BCUT2D eigenvalue weighted by Crippen LogP contribution is -2.47. The van der Waals surface area contributed by atoms with E-state index < -0.39 is 5.97 Å². The lowest BCUT2D eigenvalue weighted by molar-refractivity contribution is -0.149. The Morgan fingerprint density at radius 2 is 1.58 bits per heavy atom. The zero-order chi connectivity index (χ0) is 13.9. The fourth-order valence-corrected chi connectivity index (χ4v) is 3.43. The summed E-state index contributed by atoms with van der Waals surface area (Å²) in [5.74, 6) is -0.711. The van der Waals surface area contributed by atoms with E-state index >= 15 is 0 Å². The van der Waals surface area contributed by atoms with Crippen molar-refractivity contribution in [3.05, 3.63) is 0 Å². The molecule has 0 radical (unpaired) electrons. The van der Waals surface area contributed by atoms with Gasteiger partial charge in [-0.3, -0.25) is 9.59 Å². The van der Waals surface area contributed by atoms with Crippen LogP contribution in [0.4, 0.5) is 0 Å². The SMILES string of the molecule is CC1(C(=O)N2CCC(C(=O)O)CC2)CCCCCC1. The minimum Gasteiger partial charge on any atom is -0.481 e. The Balaban J connectivity index is 1.94. The summed E-state index contributed by atoms with van der Waals surface area (Å²) in [4.78, 5) is 25.5. The van der Waals surface area contributed by atoms with Crippen molar-refractivity contribution in [2.75, 3.05) is 13.1 Å². The summed E-state index contributed by atoms with van der Waals surface area (Å²) in [7, 11) is 0. The first-order chi connectivity index (χ1) is 9.03. The molecule has 4 heteroatoms. The summed E-state index contributed by atoms with van der Waals surface area (Å²) in [6, 6.07) is 0. The molecule has 0 aromatic carbocycles. The molecule has 19 heavy (non-hydrogen) atoms. The van der Waals surface area contributed by atoms with Crippen LogP contribution in [0.2, 0.25) is 0 Å². The van der Waals surface area contributed by atoms with Gasteiger partial charge in [-0.2, -0.15) is 0 Å². The normalized spacial score (nSPS) is 24.8. The number of carboxylic acid groups (broad SMARTS) is 1. The molecule has 0 aromatic rings. The van der Waals surface area contributed by atoms with Crippen molar-refractivity contribution in [1.82, 2.24) is 4.90 Å². The van der Waals surface area contributed by atoms with Crippen LogP contribution in [0.15, 0.2) is 0 Å². The van der Waals surface area contributed by atoms with Gasteiger partial charge < -0.3 is 10.0 Å². The Labute approximate surface area is 115 Å². The molecular weight excluding hydrogens is 242 g/mol. The first-order valence-corrected chi connectivity index (χ1v) is 7.55. The standard InChI is InChI=1S/C15H25NO3/c1-15(8-4-2-3-5-9-15)14(19)16-10-6-12(7-11-16)13(17)18/h12H,2-11H2,1H3,(H,17,18). The van der Waals surface area contributed by atoms with Gasteiger partial charge in [-0.1, -0.05) is 32.6 Å². The third kappa shape index (κ3) is 3.28. The predicted octanol–water partition coefficient (Wildman–Crippen LogP) is 2.67. The molecule has 0 atom stereocenters. The van der Waals surface area contributed by atoms with Crippen LogP contribution in [0.1, 0.15) is 58.3 Å². The summed E-state index contributed by atoms with van der Waals surface area (Å²) < 4.78 is 0. The van der Waals surface area contributed by atoms with Gasteiger partial charge >= 0.3 is 5.97 Å². The maximum Gasteiger partial charge on any atom is 0.306 e. The minimum atomic E-state index is -0.715. The van der Waals surface area contributed by atoms with Crippen LogP contribution < -0.4 is 0 Å². The van der Waals surface area contributed by atoms with E-state index in [2.05, 4.69) is 6.92 Å². The number of rotatable bonds is 2. The fourth-order valence-electron chi connectivity index (χ4n) is 3.43. The average molecular weight is 267 g/mol. The Morgan fingerprint density at radius 3 is 2.05 bits per heavy atom. The maximum atomic E-state index is 12.7. The van der Waals surface area contributed by atoms with E-state index in [4.69, 9.17) is 5.11 Å². The smallest absolute Gasteiger partial charge is 0.306 e. The van der Waals surface area contributed by atoms with Crippen LogP contribution in [-0.4, -0.2) is 35.0 Å². The molecule has 1 saturated heterocycles. The third-order valence-corrected chi connectivity index (χ3v) is 4.85. The molecule has 0 aromatic heterocycles. The summed E-state index contributed by atoms with van der Waals surface area (Å²) in [6.45, 7) is 3.33. The third-order valence-electron chi connectivity index (χ3n) is 4.85. The van der Waals surface area contributed by atoms with Crippen LogP contribution >= 0.6 is 0 Å². The molecule has 108 valence electrons. The van der Waals surface area contributed by atoms with Gasteiger partial charge in [0.25, 0.3) is 0 Å². The van der Waals surface area contributed by atoms with E-state index in [1.165, 1.54) is 12.8 Å². The fraction of sp³-hybridized carbons (Fsp3) is 0.867. The number of amides is 1. The molecule has 2 aliphatic rings. The number of hydrogen-bond acceptors (Lipinski definition) is 2. The van der Waals surface area contributed by atoms with E-state index in [0.29, 0.717) is 25.9 Å². The molecule has 2 fully saturated rings. The Bertz CT molecular complexity index is 337. The second-order valence-corrected chi connectivity index (χ2v) is 6.38. The van der Waals surface area contributed by atoms with Crippen molar-refractivity contribution in [1.29, 1.82) is 0 Å². The lowest BCUT2D eigenvalue weighted by Gasteiger charge is -2.37. The predicted molar refractivity (Wildman–Crippen MR) is 72.7 cm³/mol. The van der Waals surface area contributed by atoms with Gasteiger partial charge in [-0.15, -0.1) is 0 Å². The number of carbonyl (C=O) groups excluding carboxylic acids is 1. The van der Waals surface area contributed by atoms with E-state index in [0.717, 1.165) is 25.7 Å². The molecule has 1 saturated carbocycles. The van der Waals surface area contributed by atoms with Gasteiger partial charge in [0.05, 0.1) is 5.92 Å². The highest BCUT2D eigenvalue weighted by Gasteiger charge is 2.38. The second-order valence-electron chi connectivity index (χ2n) is 6.38. The number of piperidine rings is 1. The van der Waals surface area contributed by atoms with Crippen molar-refractivity contribution in [3.63, 3.8) is 0 Å². The number of carboxylic acids is 1. The van der Waals surface area contributed by atoms with E-state index in [-0.39, 0.29) is 17.2 Å². The van der Waals surface area contributed by atoms with Crippen LogP contribution in [-0.2, 0) is 9.59 Å². The first-order valence-electron chi connectivity index (χ1n) is 7.55. The van der Waals surface area contributed by atoms with Crippen LogP contribution in [0.25, 0.3) is 0 Å². The molecule has 1 aliphatic heterocycles. The lowest BCUT2D eigenvalue weighted by atomic mass is 9.80. The van der Waals surface area contributed by atoms with Gasteiger partial charge in [-0.05, 0) is 25.7 Å². The van der Waals surface area contributed by atoms with Crippen molar-refractivity contribution >= 4 is 11.9 Å². The highest BCUT2D eigenvalue weighted by atomic mass is 16.4. The van der Waals surface area contributed by atoms with Gasteiger partial charge in [-0.25, -0.2) is 0 Å². The second kappa shape index (κ2) is 5.93. The minimum absolute atomic E-state index is 0.202. The van der Waals surface area contributed by atoms with Crippen molar-refractivity contribution < 1.29 is 14.7 Å². The van der Waals surface area contributed by atoms with E-state index in [1.807, 2.05) is 4.90 Å². The summed E-state index contributed by atoms with van der Waals surface area (Å²) in [5, 5.41) is 9.00. The van der Waals surface area contributed by atoms with Gasteiger partial charge in [0.15, 0.2) is 0 Å². The largest absolute Gasteiger partial charge is 0.481 e. The number of aliphatic carboxylic acids is 1. The number of carbonyl (C=O) groups is 2. The quantitative estimate of drug-likeness (QED) is 0.783. The number of hydrogen-bond donors (Lipinski definition) is 1. The molecule has 0 spiro atoms. The molecule has 1 N–H and O–H groups in total. The Hall–Kier alpha value is -1.06. The van der Waals surface area contributed by atoms with Crippen LogP contribution in [0.5, 0.6) is 0 Å². The molecule has 1 heterocycles. The van der Waals surface area contributed by atoms with Crippen molar-refractivity contribution in [3.8, 4) is 0 Å². The highest BCUT2D eigenvalue weighted by molar-refractivity contribution is 5.82. The van der Waals surface area contributed by atoms with E-state index in [1.54, 1.807) is 0 Å². The van der Waals surface area contributed by atoms with Gasteiger partial charge in [0.1, 0.15) is 0 Å². The highest BCUT2D eigenvalue weighted by Crippen LogP contribution is 2.37. The van der Waals surface area contributed by atoms with Crippen LogP contribution in [0, 0.1) is 11.3 Å². The molecule has 1 amide bonds. The average Bonchev–Trinajstić information content (AvgIpc) is 2.64. The monoisotopic (exact) mass is 267 g/mol. The first kappa shape index (κ1) is 14.4. The molecular formula is C15H25NO3. The Morgan fingerprint density at radius 1 is 1.05 bits per heavy atom. The zero-order valence-corrected chi connectivity index (χ0v) is 11.9. The zero-order valence-electron chi connectivity index (χ0n) is 11.9. The summed E-state index contributed by atoms with van der Waals surface area (Å²) >= 11 is 0. The molecule has 2 rings (SSSR count). The number of nitrogens with zero attached hydrogens (tertiary/aromatic N) is 1.